The number of likely N-dealkylation sites (tertiary alicyclic amines) is 1. The van der Waals surface area contributed by atoms with Gasteiger partial charge in [-0.05, 0) is 61.4 Å². The van der Waals surface area contributed by atoms with Crippen molar-refractivity contribution >= 4 is 0 Å². The second-order valence-electron chi connectivity index (χ2n) is 7.99. The highest BCUT2D eigenvalue weighted by Gasteiger charge is 2.44. The first kappa shape index (κ1) is 17.7. The van der Waals surface area contributed by atoms with Crippen LogP contribution in [0.15, 0.2) is 54.6 Å². The van der Waals surface area contributed by atoms with E-state index >= 15 is 0 Å². The van der Waals surface area contributed by atoms with Gasteiger partial charge in [0.15, 0.2) is 0 Å². The Balaban J connectivity index is 1.25. The molecule has 138 valence electrons. The summed E-state index contributed by atoms with van der Waals surface area (Å²) in [6.45, 7) is 4.88. The number of hydrogen-bond donors (Lipinski definition) is 1. The molecular formula is C23H29NO2. The molecule has 2 fully saturated rings. The molecule has 3 nitrogen and oxygen atoms in total. The quantitative estimate of drug-likeness (QED) is 0.815. The minimum Gasteiger partial charge on any atom is -0.385 e. The summed E-state index contributed by atoms with van der Waals surface area (Å²) in [5, 5.41) is 10.9. The Morgan fingerprint density at radius 2 is 1.50 bits per heavy atom. The Morgan fingerprint density at radius 3 is 2.15 bits per heavy atom. The Bertz CT molecular complexity index is 686. The van der Waals surface area contributed by atoms with Gasteiger partial charge in [-0.2, -0.15) is 0 Å². The Hall–Kier alpha value is -1.68. The van der Waals surface area contributed by atoms with Crippen LogP contribution in [0.3, 0.4) is 0 Å². The maximum atomic E-state index is 10.9. The maximum Gasteiger partial charge on any atom is 0.0902 e. The topological polar surface area (TPSA) is 32.7 Å². The molecule has 0 atom stereocenters. The van der Waals surface area contributed by atoms with Crippen molar-refractivity contribution in [2.45, 2.75) is 44.5 Å². The first-order chi connectivity index (χ1) is 12.7. The van der Waals surface area contributed by atoms with E-state index in [-0.39, 0.29) is 0 Å². The van der Waals surface area contributed by atoms with E-state index < -0.39 is 5.60 Å². The van der Waals surface area contributed by atoms with Gasteiger partial charge in [0.25, 0.3) is 0 Å². The van der Waals surface area contributed by atoms with Crippen molar-refractivity contribution < 1.29 is 9.84 Å². The van der Waals surface area contributed by atoms with Gasteiger partial charge in [-0.25, -0.2) is 0 Å². The van der Waals surface area contributed by atoms with Crippen LogP contribution in [0.5, 0.6) is 0 Å². The van der Waals surface area contributed by atoms with E-state index in [2.05, 4.69) is 41.3 Å². The average molecular weight is 351 g/mol. The summed E-state index contributed by atoms with van der Waals surface area (Å²) < 4.78 is 5.79. The summed E-state index contributed by atoms with van der Waals surface area (Å²) in [6, 6.07) is 18.6. The van der Waals surface area contributed by atoms with Crippen LogP contribution < -0.4 is 0 Å². The predicted molar refractivity (Wildman–Crippen MR) is 104 cm³/mol. The van der Waals surface area contributed by atoms with E-state index in [1.807, 2.05) is 18.2 Å². The number of rotatable bonds is 7. The zero-order valence-corrected chi connectivity index (χ0v) is 15.4. The van der Waals surface area contributed by atoms with E-state index in [1.165, 1.54) is 31.5 Å². The predicted octanol–water partition coefficient (Wildman–Crippen LogP) is 4.10. The highest BCUT2D eigenvalue weighted by Crippen LogP contribution is 2.46. The summed E-state index contributed by atoms with van der Waals surface area (Å²) in [7, 11) is 0. The van der Waals surface area contributed by atoms with Crippen molar-refractivity contribution in [1.82, 2.24) is 4.90 Å². The van der Waals surface area contributed by atoms with Crippen molar-refractivity contribution in [2.75, 3.05) is 19.6 Å². The van der Waals surface area contributed by atoms with Crippen molar-refractivity contribution in [3.8, 4) is 0 Å². The highest BCUT2D eigenvalue weighted by molar-refractivity contribution is 5.29. The lowest BCUT2D eigenvalue weighted by Crippen LogP contribution is -2.45. The second kappa shape index (κ2) is 7.91. The first-order valence-electron chi connectivity index (χ1n) is 9.87. The summed E-state index contributed by atoms with van der Waals surface area (Å²) in [5.74, 6) is 0.645. The molecule has 0 radical (unpaired) electrons. The Morgan fingerprint density at radius 1 is 0.885 bits per heavy atom. The number of ether oxygens (including phenoxy) is 1. The fourth-order valence-corrected chi connectivity index (χ4v) is 4.36. The van der Waals surface area contributed by atoms with Gasteiger partial charge < -0.3 is 14.7 Å². The second-order valence-corrected chi connectivity index (χ2v) is 7.99. The molecule has 4 rings (SSSR count). The van der Waals surface area contributed by atoms with Crippen LogP contribution in [-0.4, -0.2) is 29.6 Å². The average Bonchev–Trinajstić information content (AvgIpc) is 3.15. The third kappa shape index (κ3) is 4.17. The molecule has 1 aliphatic carbocycles. The lowest BCUT2D eigenvalue weighted by Gasteiger charge is -2.45. The Labute approximate surface area is 156 Å². The zero-order valence-electron chi connectivity index (χ0n) is 15.4. The van der Waals surface area contributed by atoms with Crippen LogP contribution in [0.4, 0.5) is 0 Å². The third-order valence-electron chi connectivity index (χ3n) is 5.84. The smallest absolute Gasteiger partial charge is 0.0902 e. The van der Waals surface area contributed by atoms with Gasteiger partial charge in [-0.3, -0.25) is 0 Å². The molecule has 26 heavy (non-hydrogen) atoms. The molecule has 1 heterocycles. The SMILES string of the molecule is OC1(c2ccc(COCc3ccccc3)cc2)CC(CN2CCCC2)C1. The van der Waals surface area contributed by atoms with Gasteiger partial charge in [0.1, 0.15) is 0 Å². The van der Waals surface area contributed by atoms with Gasteiger partial charge >= 0.3 is 0 Å². The van der Waals surface area contributed by atoms with Gasteiger partial charge in [0, 0.05) is 6.54 Å². The molecule has 0 amide bonds. The molecule has 1 saturated heterocycles. The van der Waals surface area contributed by atoms with E-state index in [4.69, 9.17) is 4.74 Å². The number of benzene rings is 2. The number of aliphatic hydroxyl groups is 1. The van der Waals surface area contributed by atoms with Crippen molar-refractivity contribution in [1.29, 1.82) is 0 Å². The van der Waals surface area contributed by atoms with Gasteiger partial charge in [-0.15, -0.1) is 0 Å². The fraction of sp³-hybridized carbons (Fsp3) is 0.478. The Kier molecular flexibility index (Phi) is 5.39. The van der Waals surface area contributed by atoms with Crippen molar-refractivity contribution in [2.24, 2.45) is 5.92 Å². The number of hydrogen-bond acceptors (Lipinski definition) is 3. The van der Waals surface area contributed by atoms with Crippen molar-refractivity contribution in [3.63, 3.8) is 0 Å². The minimum absolute atomic E-state index is 0.602. The molecule has 3 heteroatoms. The van der Waals surface area contributed by atoms with Gasteiger partial charge in [0.05, 0.1) is 18.8 Å². The molecule has 1 aliphatic heterocycles. The number of nitrogens with zero attached hydrogens (tertiary/aromatic N) is 1. The van der Waals surface area contributed by atoms with Crippen molar-refractivity contribution in [3.05, 3.63) is 71.3 Å². The normalized spacial score (nSPS) is 26.0. The molecule has 2 aromatic carbocycles. The highest BCUT2D eigenvalue weighted by atomic mass is 16.5. The van der Waals surface area contributed by atoms with E-state index in [1.54, 1.807) is 0 Å². The summed E-state index contributed by atoms with van der Waals surface area (Å²) in [4.78, 5) is 2.55. The summed E-state index contributed by atoms with van der Waals surface area (Å²) in [6.07, 6.45) is 4.47. The molecule has 1 saturated carbocycles. The lowest BCUT2D eigenvalue weighted by atomic mass is 9.67. The molecular weight excluding hydrogens is 322 g/mol. The van der Waals surface area contributed by atoms with Crippen LogP contribution in [-0.2, 0) is 23.6 Å². The molecule has 0 aromatic heterocycles. The monoisotopic (exact) mass is 351 g/mol. The standard InChI is InChI=1S/C23H29NO2/c25-23(14-21(15-23)16-24-12-4-5-13-24)22-10-8-20(9-11-22)18-26-17-19-6-2-1-3-7-19/h1-3,6-11,21,25H,4-5,12-18H2. The van der Waals surface area contributed by atoms with Crippen LogP contribution in [0.1, 0.15) is 42.4 Å². The largest absolute Gasteiger partial charge is 0.385 e. The van der Waals surface area contributed by atoms with E-state index in [0.29, 0.717) is 19.1 Å². The van der Waals surface area contributed by atoms with E-state index in [0.717, 1.165) is 30.5 Å². The molecule has 0 unspecified atom stereocenters. The zero-order chi connectivity index (χ0) is 17.8. The fourth-order valence-electron chi connectivity index (χ4n) is 4.36. The summed E-state index contributed by atoms with van der Waals surface area (Å²) in [5.41, 5.74) is 2.79. The molecule has 2 aliphatic rings. The lowest BCUT2D eigenvalue weighted by molar-refractivity contribution is -0.0863. The molecule has 2 aromatic rings. The van der Waals surface area contributed by atoms with Gasteiger partial charge in [0.2, 0.25) is 0 Å². The van der Waals surface area contributed by atoms with Crippen LogP contribution in [0, 0.1) is 5.92 Å². The summed E-state index contributed by atoms with van der Waals surface area (Å²) >= 11 is 0. The van der Waals surface area contributed by atoms with Crippen LogP contribution >= 0.6 is 0 Å². The molecule has 1 N–H and O–H groups in total. The maximum absolute atomic E-state index is 10.9. The minimum atomic E-state index is -0.617. The van der Waals surface area contributed by atoms with E-state index in [9.17, 15) is 5.11 Å². The molecule has 0 bridgehead atoms. The van der Waals surface area contributed by atoms with Gasteiger partial charge in [-0.1, -0.05) is 54.6 Å². The van der Waals surface area contributed by atoms with Crippen LogP contribution in [0.2, 0.25) is 0 Å². The first-order valence-corrected chi connectivity index (χ1v) is 9.87. The third-order valence-corrected chi connectivity index (χ3v) is 5.84. The van der Waals surface area contributed by atoms with Crippen LogP contribution in [0.25, 0.3) is 0 Å². The molecule has 0 spiro atoms.